The van der Waals surface area contributed by atoms with E-state index in [1.54, 1.807) is 0 Å². The number of hydrogen-bond donors (Lipinski definition) is 2. The Labute approximate surface area is 148 Å². The maximum absolute atomic E-state index is 11.3. The summed E-state index contributed by atoms with van der Waals surface area (Å²) >= 11 is 0. The number of ketones is 1. The first-order valence-electron chi connectivity index (χ1n) is 8.37. The van der Waals surface area contributed by atoms with Gasteiger partial charge in [-0.25, -0.2) is 0 Å². The quantitative estimate of drug-likeness (QED) is 0.683. The van der Waals surface area contributed by atoms with E-state index < -0.39 is 0 Å². The monoisotopic (exact) mass is 332 g/mol. The summed E-state index contributed by atoms with van der Waals surface area (Å²) < 4.78 is 0. The molecule has 0 aromatic rings. The minimum atomic E-state index is 0. The molecule has 0 aliphatic rings. The fraction of sp³-hybridized carbons (Fsp3) is 0.950. The Morgan fingerprint density at radius 2 is 1.39 bits per heavy atom. The Morgan fingerprint density at radius 1 is 0.957 bits per heavy atom. The summed E-state index contributed by atoms with van der Waals surface area (Å²) in [6.07, 6.45) is 3.37. The first kappa shape index (κ1) is 30.5. The zero-order chi connectivity index (χ0) is 17.3. The van der Waals surface area contributed by atoms with Gasteiger partial charge in [-0.1, -0.05) is 70.2 Å². The van der Waals surface area contributed by atoms with Crippen LogP contribution >= 0.6 is 0 Å². The Kier molecular flexibility index (Phi) is 18.5. The van der Waals surface area contributed by atoms with Gasteiger partial charge in [0.2, 0.25) is 0 Å². The molecule has 3 nitrogen and oxygen atoms in total. The Morgan fingerprint density at radius 3 is 1.57 bits per heavy atom. The average molecular weight is 333 g/mol. The lowest BCUT2D eigenvalue weighted by atomic mass is 9.76. The van der Waals surface area contributed by atoms with Gasteiger partial charge in [0.25, 0.3) is 0 Å². The molecule has 0 aliphatic carbocycles. The fourth-order valence-electron chi connectivity index (χ4n) is 2.07. The molecule has 0 unspecified atom stereocenters. The molecule has 0 radical (unpaired) electrons. The fourth-order valence-corrected chi connectivity index (χ4v) is 2.07. The van der Waals surface area contributed by atoms with Crippen molar-refractivity contribution >= 4 is 5.78 Å². The van der Waals surface area contributed by atoms with Crippen molar-refractivity contribution in [2.24, 2.45) is 28.2 Å². The minimum Gasteiger partial charge on any atom is -0.330 e. The molecule has 0 rings (SSSR count). The average Bonchev–Trinajstić information content (AvgIpc) is 2.35. The van der Waals surface area contributed by atoms with Crippen molar-refractivity contribution < 1.29 is 4.79 Å². The SMILES string of the molecule is C.C.CCC(=O)C[C@@H](CCN)C(C)(C)C.CC[C@@H](N)C(C)(C)C. The van der Waals surface area contributed by atoms with Crippen molar-refractivity contribution in [1.29, 1.82) is 0 Å². The van der Waals surface area contributed by atoms with Gasteiger partial charge in [0, 0.05) is 18.9 Å². The molecule has 0 aliphatic heterocycles. The summed E-state index contributed by atoms with van der Waals surface area (Å²) in [4.78, 5) is 11.3. The number of carbonyl (C=O) groups excluding carboxylic acids is 1. The molecular weight excluding hydrogens is 284 g/mol. The predicted octanol–water partition coefficient (Wildman–Crippen LogP) is 5.41. The zero-order valence-electron chi connectivity index (χ0n) is 15.8. The summed E-state index contributed by atoms with van der Waals surface area (Å²) in [6, 6.07) is 0.350. The van der Waals surface area contributed by atoms with Gasteiger partial charge >= 0.3 is 0 Å². The highest BCUT2D eigenvalue weighted by atomic mass is 16.1. The number of carbonyl (C=O) groups is 1. The van der Waals surface area contributed by atoms with E-state index >= 15 is 0 Å². The van der Waals surface area contributed by atoms with Crippen LogP contribution in [0.5, 0.6) is 0 Å². The maximum atomic E-state index is 11.3. The van der Waals surface area contributed by atoms with E-state index in [0.717, 1.165) is 12.8 Å². The maximum Gasteiger partial charge on any atom is 0.132 e. The first-order valence-corrected chi connectivity index (χ1v) is 8.37. The Bertz CT molecular complexity index is 274. The van der Waals surface area contributed by atoms with Crippen LogP contribution in [0.15, 0.2) is 0 Å². The second-order valence-corrected chi connectivity index (χ2v) is 8.12. The second kappa shape index (κ2) is 14.0. The molecular formula is C20H48N2O. The van der Waals surface area contributed by atoms with Gasteiger partial charge < -0.3 is 11.5 Å². The predicted molar refractivity (Wildman–Crippen MR) is 108 cm³/mol. The minimum absolute atomic E-state index is 0. The van der Waals surface area contributed by atoms with Crippen molar-refractivity contribution in [2.45, 2.75) is 102 Å². The molecule has 0 saturated carbocycles. The largest absolute Gasteiger partial charge is 0.330 e. The summed E-state index contributed by atoms with van der Waals surface area (Å²) in [5.74, 6) is 0.790. The van der Waals surface area contributed by atoms with Gasteiger partial charge in [-0.3, -0.25) is 4.79 Å². The van der Waals surface area contributed by atoms with Gasteiger partial charge in [0.15, 0.2) is 0 Å². The van der Waals surface area contributed by atoms with Crippen LogP contribution in [0.3, 0.4) is 0 Å². The van der Waals surface area contributed by atoms with Gasteiger partial charge in [-0.05, 0) is 36.1 Å². The summed E-state index contributed by atoms with van der Waals surface area (Å²) in [7, 11) is 0. The zero-order valence-corrected chi connectivity index (χ0v) is 15.8. The molecule has 23 heavy (non-hydrogen) atoms. The smallest absolute Gasteiger partial charge is 0.132 e. The topological polar surface area (TPSA) is 69.1 Å². The lowest BCUT2D eigenvalue weighted by molar-refractivity contribution is -0.120. The van der Waals surface area contributed by atoms with E-state index in [-0.39, 0.29) is 25.7 Å². The van der Waals surface area contributed by atoms with Gasteiger partial charge in [-0.2, -0.15) is 0 Å². The van der Waals surface area contributed by atoms with E-state index in [1.807, 2.05) is 6.92 Å². The van der Waals surface area contributed by atoms with Gasteiger partial charge in [0.05, 0.1) is 0 Å². The highest BCUT2D eigenvalue weighted by Gasteiger charge is 2.25. The third-order valence-electron chi connectivity index (χ3n) is 4.16. The first-order chi connectivity index (χ1) is 9.39. The van der Waals surface area contributed by atoms with Crippen LogP contribution in [-0.4, -0.2) is 18.4 Å². The molecule has 0 spiro atoms. The highest BCUT2D eigenvalue weighted by Crippen LogP contribution is 2.31. The van der Waals surface area contributed by atoms with Crippen molar-refractivity contribution in [3.8, 4) is 0 Å². The molecule has 0 bridgehead atoms. The summed E-state index contributed by atoms with van der Waals surface area (Å²) in [6.45, 7) is 17.8. The number of nitrogens with two attached hydrogens (primary N) is 2. The summed E-state index contributed by atoms with van der Waals surface area (Å²) in [5.41, 5.74) is 11.8. The van der Waals surface area contributed by atoms with Crippen molar-refractivity contribution in [3.63, 3.8) is 0 Å². The van der Waals surface area contributed by atoms with Crippen LogP contribution in [0.4, 0.5) is 0 Å². The summed E-state index contributed by atoms with van der Waals surface area (Å²) in [5, 5.41) is 0. The van der Waals surface area contributed by atoms with E-state index in [4.69, 9.17) is 11.5 Å². The van der Waals surface area contributed by atoms with Gasteiger partial charge in [-0.15, -0.1) is 0 Å². The van der Waals surface area contributed by atoms with Crippen molar-refractivity contribution in [3.05, 3.63) is 0 Å². The van der Waals surface area contributed by atoms with E-state index in [9.17, 15) is 4.79 Å². The molecule has 4 N–H and O–H groups in total. The molecule has 144 valence electrons. The standard InChI is InChI=1S/C11H23NO.C7H17N.2CH4/c1-5-10(13)8-9(6-7-12)11(2,3)4;1-5-6(8)7(2,3)4;;/h9H,5-8,12H2,1-4H3;6H,5,8H2,1-4H3;2*1H4/t9-;6-;;/m11../s1. The number of rotatable bonds is 6. The normalized spacial score (nSPS) is 13.7. The number of Topliss-reactive ketones (excluding diaryl/α,β-unsaturated/α-hetero) is 1. The molecule has 0 heterocycles. The molecule has 0 saturated heterocycles. The Hall–Kier alpha value is -0.410. The van der Waals surface area contributed by atoms with Crippen LogP contribution < -0.4 is 11.5 Å². The lowest BCUT2D eigenvalue weighted by Gasteiger charge is -2.29. The number of hydrogen-bond acceptors (Lipinski definition) is 3. The molecule has 0 amide bonds. The third-order valence-corrected chi connectivity index (χ3v) is 4.16. The second-order valence-electron chi connectivity index (χ2n) is 8.12. The molecule has 0 aromatic heterocycles. The lowest BCUT2D eigenvalue weighted by Crippen LogP contribution is -2.33. The van der Waals surface area contributed by atoms with Crippen LogP contribution in [0.1, 0.15) is 95.9 Å². The van der Waals surface area contributed by atoms with Crippen molar-refractivity contribution in [2.75, 3.05) is 6.54 Å². The van der Waals surface area contributed by atoms with Crippen LogP contribution in [0.2, 0.25) is 0 Å². The van der Waals surface area contributed by atoms with E-state index in [0.29, 0.717) is 37.1 Å². The van der Waals surface area contributed by atoms with Crippen LogP contribution in [-0.2, 0) is 4.79 Å². The van der Waals surface area contributed by atoms with Crippen LogP contribution in [0, 0.1) is 16.7 Å². The van der Waals surface area contributed by atoms with Crippen molar-refractivity contribution in [1.82, 2.24) is 0 Å². The highest BCUT2D eigenvalue weighted by molar-refractivity contribution is 5.78. The molecule has 0 fully saturated rings. The van der Waals surface area contributed by atoms with Crippen LogP contribution in [0.25, 0.3) is 0 Å². The third kappa shape index (κ3) is 16.2. The molecule has 2 atom stereocenters. The van der Waals surface area contributed by atoms with E-state index in [1.165, 1.54) is 0 Å². The van der Waals surface area contributed by atoms with Gasteiger partial charge in [0.1, 0.15) is 5.78 Å². The Balaban J connectivity index is -0.000000158. The molecule has 0 aromatic carbocycles. The molecule has 3 heteroatoms. The van der Waals surface area contributed by atoms with E-state index in [2.05, 4.69) is 48.5 Å².